The lowest BCUT2D eigenvalue weighted by atomic mass is 10.0. The third-order valence-electron chi connectivity index (χ3n) is 5.33. The highest BCUT2D eigenvalue weighted by Gasteiger charge is 2.19. The van der Waals surface area contributed by atoms with Gasteiger partial charge in [-0.25, -0.2) is 9.67 Å². The summed E-state index contributed by atoms with van der Waals surface area (Å²) in [4.78, 5) is 18.0. The average molecular weight is 436 g/mol. The minimum atomic E-state index is -0.165. The number of nitrogens with one attached hydrogen (secondary N) is 2. The van der Waals surface area contributed by atoms with E-state index in [1.807, 2.05) is 62.8 Å². The maximum atomic E-state index is 13.2. The Labute approximate surface area is 185 Å². The van der Waals surface area contributed by atoms with Crippen LogP contribution in [0.4, 0.5) is 0 Å². The number of carbonyl (C=O) groups is 1. The van der Waals surface area contributed by atoms with Crippen LogP contribution in [-0.4, -0.2) is 42.0 Å². The van der Waals surface area contributed by atoms with Crippen LogP contribution in [0.1, 0.15) is 41.6 Å². The van der Waals surface area contributed by atoms with Crippen LogP contribution in [0.15, 0.2) is 36.5 Å². The number of fused-ring (bicyclic) bond motifs is 1. The first-order chi connectivity index (χ1) is 14.9. The van der Waals surface area contributed by atoms with Crippen LogP contribution in [0, 0.1) is 11.7 Å². The second-order valence-corrected chi connectivity index (χ2v) is 8.19. The number of benzene rings is 1. The van der Waals surface area contributed by atoms with Gasteiger partial charge in [-0.1, -0.05) is 24.3 Å². The average Bonchev–Trinajstić information content (AvgIpc) is 3.32. The smallest absolute Gasteiger partial charge is 0.252 e. The summed E-state index contributed by atoms with van der Waals surface area (Å²) in [6.07, 6.45) is 2.29. The normalized spacial score (nSPS) is 11.4. The second kappa shape index (κ2) is 8.43. The Morgan fingerprint density at radius 2 is 2.06 bits per heavy atom. The molecule has 1 aromatic carbocycles. The minimum Gasteiger partial charge on any atom is -0.352 e. The molecule has 0 saturated carbocycles. The molecule has 0 saturated heterocycles. The number of rotatable bonds is 6. The zero-order valence-corrected chi connectivity index (χ0v) is 18.8. The number of hydrogen-bond acceptors (Lipinski definition) is 5. The van der Waals surface area contributed by atoms with Gasteiger partial charge in [0, 0.05) is 31.6 Å². The third-order valence-corrected chi connectivity index (χ3v) is 5.69. The number of hydrogen-bond donors (Lipinski definition) is 2. The number of amides is 1. The fraction of sp³-hybridized carbons (Fsp3) is 0.318. The van der Waals surface area contributed by atoms with Crippen LogP contribution >= 0.6 is 12.2 Å². The van der Waals surface area contributed by atoms with Crippen LogP contribution in [0.2, 0.25) is 0 Å². The van der Waals surface area contributed by atoms with Gasteiger partial charge in [-0.05, 0) is 44.6 Å². The topological polar surface area (TPSA) is 93.4 Å². The zero-order chi connectivity index (χ0) is 22.1. The number of H-pyrrole nitrogens is 1. The Morgan fingerprint density at radius 3 is 2.74 bits per heavy atom. The standard InChI is InChI=1S/C22H25N7OS/c1-13(2)29-20-17(12-24-29)16(11-18(25-20)15-8-6-5-7-14(15)3)21(30)23-10-9-19-26-27-22(31)28(19)4/h5-8,11-13H,9-10H2,1-4H3,(H,23,30)(H,27,31). The van der Waals surface area contributed by atoms with E-state index in [0.29, 0.717) is 28.9 Å². The van der Waals surface area contributed by atoms with E-state index in [1.54, 1.807) is 10.8 Å². The molecule has 3 heterocycles. The Morgan fingerprint density at radius 1 is 1.29 bits per heavy atom. The van der Waals surface area contributed by atoms with Crippen molar-refractivity contribution in [3.8, 4) is 11.3 Å². The summed E-state index contributed by atoms with van der Waals surface area (Å²) in [5.41, 5.74) is 4.12. The highest BCUT2D eigenvalue weighted by atomic mass is 32.1. The number of aryl methyl sites for hydroxylation is 1. The fourth-order valence-corrected chi connectivity index (χ4v) is 3.72. The van der Waals surface area contributed by atoms with Crippen molar-refractivity contribution in [2.24, 2.45) is 7.05 Å². The number of nitrogens with zero attached hydrogens (tertiary/aromatic N) is 5. The first-order valence-electron chi connectivity index (χ1n) is 10.2. The Hall–Kier alpha value is -3.33. The maximum Gasteiger partial charge on any atom is 0.252 e. The predicted octanol–water partition coefficient (Wildman–Crippen LogP) is 3.75. The molecule has 0 aliphatic rings. The molecule has 160 valence electrons. The SMILES string of the molecule is Cc1ccccc1-c1cc(C(=O)NCCc2n[nH]c(=S)n2C)c2cnn(C(C)C)c2n1. The third kappa shape index (κ3) is 4.00. The number of aromatic nitrogens is 6. The van der Waals surface area contributed by atoms with Gasteiger partial charge in [-0.3, -0.25) is 9.89 Å². The van der Waals surface area contributed by atoms with Crippen molar-refractivity contribution in [1.29, 1.82) is 0 Å². The number of carbonyl (C=O) groups excluding carboxylic acids is 1. The molecule has 8 nitrogen and oxygen atoms in total. The first kappa shape index (κ1) is 20.9. The van der Waals surface area contributed by atoms with E-state index in [1.165, 1.54) is 0 Å². The van der Waals surface area contributed by atoms with Crippen molar-refractivity contribution in [2.75, 3.05) is 6.54 Å². The largest absolute Gasteiger partial charge is 0.352 e. The molecule has 3 aromatic heterocycles. The van der Waals surface area contributed by atoms with Crippen molar-refractivity contribution >= 4 is 29.2 Å². The van der Waals surface area contributed by atoms with Gasteiger partial charge in [0.2, 0.25) is 0 Å². The second-order valence-electron chi connectivity index (χ2n) is 7.80. The van der Waals surface area contributed by atoms with E-state index in [4.69, 9.17) is 17.2 Å². The summed E-state index contributed by atoms with van der Waals surface area (Å²) >= 11 is 5.14. The van der Waals surface area contributed by atoms with E-state index in [2.05, 4.69) is 20.6 Å². The van der Waals surface area contributed by atoms with Gasteiger partial charge in [0.05, 0.1) is 22.8 Å². The van der Waals surface area contributed by atoms with E-state index in [-0.39, 0.29) is 11.9 Å². The summed E-state index contributed by atoms with van der Waals surface area (Å²) in [6.45, 7) is 6.57. The highest BCUT2D eigenvalue weighted by molar-refractivity contribution is 7.71. The zero-order valence-electron chi connectivity index (χ0n) is 18.0. The monoisotopic (exact) mass is 435 g/mol. The summed E-state index contributed by atoms with van der Waals surface area (Å²) in [6, 6.07) is 10.0. The van der Waals surface area contributed by atoms with E-state index in [0.717, 1.165) is 28.0 Å². The molecular formula is C22H25N7OS. The van der Waals surface area contributed by atoms with Crippen molar-refractivity contribution in [2.45, 2.75) is 33.2 Å². The van der Waals surface area contributed by atoms with Gasteiger partial charge in [-0.2, -0.15) is 10.2 Å². The molecule has 2 N–H and O–H groups in total. The van der Waals surface area contributed by atoms with Gasteiger partial charge in [0.15, 0.2) is 10.4 Å². The van der Waals surface area contributed by atoms with Gasteiger partial charge < -0.3 is 9.88 Å². The lowest BCUT2D eigenvalue weighted by Crippen LogP contribution is -2.26. The van der Waals surface area contributed by atoms with Crippen LogP contribution in [0.5, 0.6) is 0 Å². The molecule has 0 atom stereocenters. The molecule has 0 aliphatic heterocycles. The Bertz CT molecular complexity index is 1320. The maximum absolute atomic E-state index is 13.2. The minimum absolute atomic E-state index is 0.125. The number of aromatic amines is 1. The van der Waals surface area contributed by atoms with Crippen LogP contribution < -0.4 is 5.32 Å². The summed E-state index contributed by atoms with van der Waals surface area (Å²) in [7, 11) is 1.85. The molecule has 9 heteroatoms. The Kier molecular flexibility index (Phi) is 5.69. The van der Waals surface area contributed by atoms with Crippen molar-refractivity contribution in [1.82, 2.24) is 34.8 Å². The molecule has 0 spiro atoms. The van der Waals surface area contributed by atoms with Crippen LogP contribution in [0.3, 0.4) is 0 Å². The molecular weight excluding hydrogens is 410 g/mol. The van der Waals surface area contributed by atoms with Crippen molar-refractivity contribution in [3.05, 3.63) is 58.3 Å². The molecule has 0 radical (unpaired) electrons. The molecule has 4 rings (SSSR count). The molecule has 0 fully saturated rings. The molecule has 31 heavy (non-hydrogen) atoms. The van der Waals surface area contributed by atoms with E-state index in [9.17, 15) is 4.79 Å². The Balaban J connectivity index is 1.70. The molecule has 1 amide bonds. The van der Waals surface area contributed by atoms with Crippen molar-refractivity contribution < 1.29 is 4.79 Å². The van der Waals surface area contributed by atoms with Crippen molar-refractivity contribution in [3.63, 3.8) is 0 Å². The first-order valence-corrected chi connectivity index (χ1v) is 10.6. The fourth-order valence-electron chi connectivity index (χ4n) is 3.57. The highest BCUT2D eigenvalue weighted by Crippen LogP contribution is 2.28. The summed E-state index contributed by atoms with van der Waals surface area (Å²) in [5.74, 6) is 0.626. The molecule has 0 unspecified atom stereocenters. The molecule has 0 bridgehead atoms. The lowest BCUT2D eigenvalue weighted by molar-refractivity contribution is 0.0955. The van der Waals surface area contributed by atoms with Crippen LogP contribution in [0.25, 0.3) is 22.3 Å². The van der Waals surface area contributed by atoms with E-state index < -0.39 is 0 Å². The van der Waals surface area contributed by atoms with Gasteiger partial charge in [-0.15, -0.1) is 0 Å². The summed E-state index contributed by atoms with van der Waals surface area (Å²) in [5, 5.41) is 15.2. The quantitative estimate of drug-likeness (QED) is 0.450. The van der Waals surface area contributed by atoms with Gasteiger partial charge in [0.25, 0.3) is 5.91 Å². The number of pyridine rings is 1. The van der Waals surface area contributed by atoms with Gasteiger partial charge >= 0.3 is 0 Å². The lowest BCUT2D eigenvalue weighted by Gasteiger charge is -2.12. The van der Waals surface area contributed by atoms with E-state index >= 15 is 0 Å². The molecule has 0 aliphatic carbocycles. The predicted molar refractivity (Wildman–Crippen MR) is 123 cm³/mol. The summed E-state index contributed by atoms with van der Waals surface area (Å²) < 4.78 is 4.21. The molecule has 4 aromatic rings. The van der Waals surface area contributed by atoms with Gasteiger partial charge in [0.1, 0.15) is 5.82 Å². The van der Waals surface area contributed by atoms with Crippen LogP contribution in [-0.2, 0) is 13.5 Å².